The number of carbonyl (C=O) groups excluding carboxylic acids is 2. The van der Waals surface area contributed by atoms with Crippen molar-refractivity contribution < 1.29 is 14.3 Å². The lowest BCUT2D eigenvalue weighted by Gasteiger charge is -2.40. The summed E-state index contributed by atoms with van der Waals surface area (Å²) in [5.41, 5.74) is 0. The van der Waals surface area contributed by atoms with Crippen LogP contribution in [0.5, 0.6) is 0 Å². The van der Waals surface area contributed by atoms with Gasteiger partial charge in [0.1, 0.15) is 0 Å². The minimum absolute atomic E-state index is 0.126. The molecule has 6 nitrogen and oxygen atoms in total. The van der Waals surface area contributed by atoms with Crippen LogP contribution >= 0.6 is 0 Å². The summed E-state index contributed by atoms with van der Waals surface area (Å²) in [5.74, 6) is 0.533. The highest BCUT2D eigenvalue weighted by atomic mass is 16.5. The van der Waals surface area contributed by atoms with Gasteiger partial charge in [-0.25, -0.2) is 0 Å². The van der Waals surface area contributed by atoms with Crippen molar-refractivity contribution in [2.75, 3.05) is 52.5 Å². The Kier molecular flexibility index (Phi) is 7.08. The summed E-state index contributed by atoms with van der Waals surface area (Å²) in [5, 5.41) is 0. The maximum absolute atomic E-state index is 12.7. The molecule has 0 spiro atoms. The van der Waals surface area contributed by atoms with Gasteiger partial charge in [0, 0.05) is 58.2 Å². The lowest BCUT2D eigenvalue weighted by atomic mass is 9.99. The normalized spacial score (nSPS) is 24.8. The lowest BCUT2D eigenvalue weighted by molar-refractivity contribution is -0.141. The van der Waals surface area contributed by atoms with Crippen molar-refractivity contribution in [2.24, 2.45) is 5.92 Å². The largest absolute Gasteiger partial charge is 0.379 e. The molecule has 2 saturated heterocycles. The molecule has 3 rings (SSSR count). The van der Waals surface area contributed by atoms with E-state index in [0.717, 1.165) is 78.0 Å². The Morgan fingerprint density at radius 2 is 1.88 bits per heavy atom. The first-order valence-corrected chi connectivity index (χ1v) is 10.2. The van der Waals surface area contributed by atoms with E-state index in [1.54, 1.807) is 6.92 Å². The molecule has 0 aromatic carbocycles. The van der Waals surface area contributed by atoms with E-state index in [0.29, 0.717) is 6.54 Å². The van der Waals surface area contributed by atoms with E-state index in [4.69, 9.17) is 4.74 Å². The second-order valence-electron chi connectivity index (χ2n) is 7.74. The van der Waals surface area contributed by atoms with Crippen LogP contribution in [0.3, 0.4) is 0 Å². The first-order chi connectivity index (χ1) is 12.6. The first-order valence-electron chi connectivity index (χ1n) is 10.2. The van der Waals surface area contributed by atoms with Crippen LogP contribution in [-0.2, 0) is 14.3 Å². The highest BCUT2D eigenvalue weighted by molar-refractivity contribution is 5.80. The van der Waals surface area contributed by atoms with Crippen LogP contribution in [0.4, 0.5) is 0 Å². The maximum Gasteiger partial charge on any atom is 0.226 e. The van der Waals surface area contributed by atoms with E-state index in [-0.39, 0.29) is 23.8 Å². The highest BCUT2D eigenvalue weighted by Crippen LogP contribution is 2.24. The molecule has 146 valence electrons. The van der Waals surface area contributed by atoms with Gasteiger partial charge in [-0.2, -0.15) is 0 Å². The molecule has 0 N–H and O–H groups in total. The van der Waals surface area contributed by atoms with Crippen LogP contribution in [0, 0.1) is 5.92 Å². The van der Waals surface area contributed by atoms with E-state index in [1.807, 2.05) is 9.80 Å². The van der Waals surface area contributed by atoms with Gasteiger partial charge in [-0.05, 0) is 32.1 Å². The molecule has 2 fully saturated rings. The number of amides is 2. The van der Waals surface area contributed by atoms with Crippen LogP contribution in [0.25, 0.3) is 0 Å². The molecule has 2 amide bonds. The summed E-state index contributed by atoms with van der Waals surface area (Å²) in [6.07, 6.45) is 8.94. The summed E-state index contributed by atoms with van der Waals surface area (Å²) >= 11 is 0. The molecule has 0 radical (unpaired) electrons. The van der Waals surface area contributed by atoms with E-state index >= 15 is 0 Å². The van der Waals surface area contributed by atoms with Gasteiger partial charge in [0.15, 0.2) is 0 Å². The first kappa shape index (κ1) is 19.4. The number of carbonyl (C=O) groups is 2. The molecule has 1 unspecified atom stereocenters. The predicted molar refractivity (Wildman–Crippen MR) is 101 cm³/mol. The molecule has 0 saturated carbocycles. The summed E-state index contributed by atoms with van der Waals surface area (Å²) in [6, 6.07) is 0.171. The molecule has 1 atom stereocenters. The van der Waals surface area contributed by atoms with Crippen molar-refractivity contribution >= 4 is 11.8 Å². The molecular weight excluding hydrogens is 330 g/mol. The zero-order valence-electron chi connectivity index (χ0n) is 16.1. The molecule has 0 bridgehead atoms. The third-order valence-electron chi connectivity index (χ3n) is 5.89. The van der Waals surface area contributed by atoms with Crippen LogP contribution in [-0.4, -0.2) is 85.0 Å². The Morgan fingerprint density at radius 1 is 1.15 bits per heavy atom. The topological polar surface area (TPSA) is 53.1 Å². The lowest BCUT2D eigenvalue weighted by Crippen LogP contribution is -2.52. The Morgan fingerprint density at radius 3 is 2.58 bits per heavy atom. The number of rotatable bonds is 6. The highest BCUT2D eigenvalue weighted by Gasteiger charge is 2.32. The summed E-state index contributed by atoms with van der Waals surface area (Å²) in [6.45, 7) is 8.59. The predicted octanol–water partition coefficient (Wildman–Crippen LogP) is 1.51. The van der Waals surface area contributed by atoms with Gasteiger partial charge in [-0.3, -0.25) is 14.5 Å². The van der Waals surface area contributed by atoms with Crippen LogP contribution in [0.2, 0.25) is 0 Å². The molecule has 0 aromatic heterocycles. The third kappa shape index (κ3) is 5.07. The van der Waals surface area contributed by atoms with Crippen molar-refractivity contribution in [2.45, 2.75) is 45.1 Å². The van der Waals surface area contributed by atoms with Crippen molar-refractivity contribution in [3.8, 4) is 0 Å². The average Bonchev–Trinajstić information content (AvgIpc) is 3.20. The van der Waals surface area contributed by atoms with E-state index in [2.05, 4.69) is 17.1 Å². The third-order valence-corrected chi connectivity index (χ3v) is 5.89. The van der Waals surface area contributed by atoms with Gasteiger partial charge in [0.05, 0.1) is 13.2 Å². The number of hydrogen-bond donors (Lipinski definition) is 0. The molecule has 26 heavy (non-hydrogen) atoms. The number of piperidine rings is 1. The molecule has 3 aliphatic rings. The van der Waals surface area contributed by atoms with Gasteiger partial charge < -0.3 is 14.5 Å². The number of nitrogens with zero attached hydrogens (tertiary/aromatic N) is 3. The van der Waals surface area contributed by atoms with Crippen LogP contribution in [0.1, 0.15) is 39.0 Å². The molecule has 2 heterocycles. The Hall–Kier alpha value is -1.40. The maximum atomic E-state index is 12.7. The Bertz CT molecular complexity index is 508. The van der Waals surface area contributed by atoms with Crippen molar-refractivity contribution in [3.05, 3.63) is 12.2 Å². The number of allylic oxidation sites excluding steroid dienone is 2. The minimum atomic E-state index is 0.126. The van der Waals surface area contributed by atoms with Gasteiger partial charge >= 0.3 is 0 Å². The van der Waals surface area contributed by atoms with Gasteiger partial charge in [0.25, 0.3) is 0 Å². The van der Waals surface area contributed by atoms with Gasteiger partial charge in [-0.1, -0.05) is 12.2 Å². The fraction of sp³-hybridized carbons (Fsp3) is 0.800. The number of hydrogen-bond acceptors (Lipinski definition) is 4. The minimum Gasteiger partial charge on any atom is -0.379 e. The summed E-state index contributed by atoms with van der Waals surface area (Å²) < 4.78 is 5.39. The second-order valence-corrected chi connectivity index (χ2v) is 7.74. The smallest absolute Gasteiger partial charge is 0.226 e. The molecular formula is C20H33N3O3. The second kappa shape index (κ2) is 9.51. The van der Waals surface area contributed by atoms with Gasteiger partial charge in [0.2, 0.25) is 11.8 Å². The van der Waals surface area contributed by atoms with Crippen molar-refractivity contribution in [1.29, 1.82) is 0 Å². The van der Waals surface area contributed by atoms with Crippen LogP contribution < -0.4 is 0 Å². The van der Waals surface area contributed by atoms with Gasteiger partial charge in [-0.15, -0.1) is 0 Å². The molecule has 1 aliphatic carbocycles. The fourth-order valence-electron chi connectivity index (χ4n) is 4.37. The SMILES string of the molecule is CC(=O)N(CCCN1CCOCC1)C1CCCN(C(=O)C2CC=CC2)C1. The zero-order valence-corrected chi connectivity index (χ0v) is 16.1. The van der Waals surface area contributed by atoms with E-state index in [1.165, 1.54) is 0 Å². The average molecular weight is 364 g/mol. The Labute approximate surface area is 157 Å². The van der Waals surface area contributed by atoms with E-state index in [9.17, 15) is 9.59 Å². The standard InChI is InChI=1S/C20H33N3O3/c1-17(24)23(11-5-9-21-12-14-26-15-13-21)19-8-4-10-22(16-19)20(25)18-6-2-3-7-18/h2-3,18-19H,4-16H2,1H3. The molecule has 0 aromatic rings. The van der Waals surface area contributed by atoms with Crippen molar-refractivity contribution in [1.82, 2.24) is 14.7 Å². The Balaban J connectivity index is 1.49. The zero-order chi connectivity index (χ0) is 18.4. The van der Waals surface area contributed by atoms with Crippen molar-refractivity contribution in [3.63, 3.8) is 0 Å². The monoisotopic (exact) mass is 363 g/mol. The number of morpholine rings is 1. The van der Waals surface area contributed by atoms with Crippen LogP contribution in [0.15, 0.2) is 12.2 Å². The fourth-order valence-corrected chi connectivity index (χ4v) is 4.37. The van der Waals surface area contributed by atoms with E-state index < -0.39 is 0 Å². The number of ether oxygens (including phenoxy) is 1. The summed E-state index contributed by atoms with van der Waals surface area (Å²) in [4.78, 5) is 31.4. The quantitative estimate of drug-likeness (QED) is 0.672. The molecule has 2 aliphatic heterocycles. The number of likely N-dealkylation sites (tertiary alicyclic amines) is 1. The summed E-state index contributed by atoms with van der Waals surface area (Å²) in [7, 11) is 0. The molecule has 6 heteroatoms.